The van der Waals surface area contributed by atoms with Crippen LogP contribution in [0, 0.1) is 6.92 Å². The predicted molar refractivity (Wildman–Crippen MR) is 77.3 cm³/mol. The van der Waals surface area contributed by atoms with Gasteiger partial charge in [-0.1, -0.05) is 13.8 Å². The van der Waals surface area contributed by atoms with E-state index in [1.807, 2.05) is 19.1 Å². The zero-order chi connectivity index (χ0) is 14.0. The third kappa shape index (κ3) is 2.63. The number of aryl methyl sites for hydroxylation is 1. The predicted octanol–water partition coefficient (Wildman–Crippen LogP) is 2.98. The first-order valence-electron chi connectivity index (χ1n) is 6.50. The fraction of sp³-hybridized carbons (Fsp3) is 0.400. The van der Waals surface area contributed by atoms with Gasteiger partial charge in [0.2, 0.25) is 0 Å². The van der Waals surface area contributed by atoms with Crippen molar-refractivity contribution in [2.45, 2.75) is 33.2 Å². The molecule has 0 atom stereocenters. The Labute approximate surface area is 114 Å². The maximum atomic E-state index is 5.80. The number of nitrogens with zero attached hydrogens (tertiary/aromatic N) is 1. The summed E-state index contributed by atoms with van der Waals surface area (Å²) in [4.78, 5) is 7.98. The van der Waals surface area contributed by atoms with Crippen molar-refractivity contribution in [3.05, 3.63) is 35.3 Å². The van der Waals surface area contributed by atoms with E-state index in [4.69, 9.17) is 10.5 Å². The van der Waals surface area contributed by atoms with E-state index >= 15 is 0 Å². The molecule has 3 N–H and O–H groups in total. The van der Waals surface area contributed by atoms with Crippen LogP contribution in [0.15, 0.2) is 18.2 Å². The quantitative estimate of drug-likeness (QED) is 0.887. The molecule has 4 heteroatoms. The van der Waals surface area contributed by atoms with Crippen molar-refractivity contribution in [3.8, 4) is 17.0 Å². The number of nitrogens with one attached hydrogen (secondary N) is 1. The molecule has 1 heterocycles. The fourth-order valence-electron chi connectivity index (χ4n) is 2.12. The second-order valence-electron chi connectivity index (χ2n) is 4.99. The Morgan fingerprint density at radius 3 is 2.63 bits per heavy atom. The molecule has 102 valence electrons. The maximum Gasteiger partial charge on any atom is 0.121 e. The SMILES string of the molecule is COc1ccc(-c2nc(C(C)C)[nH]c2CN)cc1C. The molecule has 0 fully saturated rings. The molecule has 4 nitrogen and oxygen atoms in total. The van der Waals surface area contributed by atoms with Crippen LogP contribution in [-0.4, -0.2) is 17.1 Å². The van der Waals surface area contributed by atoms with Crippen LogP contribution in [0.3, 0.4) is 0 Å². The molecule has 0 aliphatic heterocycles. The minimum atomic E-state index is 0.360. The Bertz CT molecular complexity index is 573. The van der Waals surface area contributed by atoms with Gasteiger partial charge in [0.05, 0.1) is 18.5 Å². The second kappa shape index (κ2) is 5.45. The highest BCUT2D eigenvalue weighted by Crippen LogP contribution is 2.28. The first-order chi connectivity index (χ1) is 9.06. The Morgan fingerprint density at radius 1 is 1.37 bits per heavy atom. The summed E-state index contributed by atoms with van der Waals surface area (Å²) in [5, 5.41) is 0. The van der Waals surface area contributed by atoms with E-state index in [0.29, 0.717) is 12.5 Å². The first kappa shape index (κ1) is 13.6. The number of aromatic nitrogens is 2. The van der Waals surface area contributed by atoms with Crippen molar-refractivity contribution >= 4 is 0 Å². The molecule has 1 aromatic heterocycles. The van der Waals surface area contributed by atoms with Gasteiger partial charge in [0.1, 0.15) is 11.6 Å². The van der Waals surface area contributed by atoms with Crippen LogP contribution >= 0.6 is 0 Å². The highest BCUT2D eigenvalue weighted by molar-refractivity contribution is 5.64. The molecule has 0 saturated heterocycles. The summed E-state index contributed by atoms with van der Waals surface area (Å²) < 4.78 is 5.28. The van der Waals surface area contributed by atoms with Crippen LogP contribution in [0.5, 0.6) is 5.75 Å². The topological polar surface area (TPSA) is 63.9 Å². The third-order valence-corrected chi connectivity index (χ3v) is 3.22. The summed E-state index contributed by atoms with van der Waals surface area (Å²) >= 11 is 0. The van der Waals surface area contributed by atoms with Gasteiger partial charge < -0.3 is 15.5 Å². The lowest BCUT2D eigenvalue weighted by molar-refractivity contribution is 0.412. The zero-order valence-corrected chi connectivity index (χ0v) is 11.9. The van der Waals surface area contributed by atoms with E-state index in [1.54, 1.807) is 7.11 Å². The number of rotatable bonds is 4. The fourth-order valence-corrected chi connectivity index (χ4v) is 2.12. The number of imidazole rings is 1. The molecule has 0 unspecified atom stereocenters. The molecule has 2 aromatic rings. The van der Waals surface area contributed by atoms with Gasteiger partial charge in [-0.15, -0.1) is 0 Å². The molecule has 0 amide bonds. The van der Waals surface area contributed by atoms with Gasteiger partial charge in [-0.05, 0) is 30.7 Å². The van der Waals surface area contributed by atoms with Crippen LogP contribution < -0.4 is 10.5 Å². The minimum absolute atomic E-state index is 0.360. The number of benzene rings is 1. The number of ether oxygens (including phenoxy) is 1. The Morgan fingerprint density at radius 2 is 2.11 bits per heavy atom. The highest BCUT2D eigenvalue weighted by atomic mass is 16.5. The van der Waals surface area contributed by atoms with E-state index in [1.165, 1.54) is 0 Å². The zero-order valence-electron chi connectivity index (χ0n) is 11.9. The van der Waals surface area contributed by atoms with Crippen molar-refractivity contribution in [1.29, 1.82) is 0 Å². The lowest BCUT2D eigenvalue weighted by Gasteiger charge is -2.07. The van der Waals surface area contributed by atoms with Crippen LogP contribution in [0.1, 0.15) is 36.8 Å². The van der Waals surface area contributed by atoms with E-state index in [-0.39, 0.29) is 0 Å². The lowest BCUT2D eigenvalue weighted by atomic mass is 10.1. The molecule has 0 saturated carbocycles. The van der Waals surface area contributed by atoms with Gasteiger partial charge >= 0.3 is 0 Å². The molecule has 0 radical (unpaired) electrons. The van der Waals surface area contributed by atoms with Crippen LogP contribution in [0.25, 0.3) is 11.3 Å². The lowest BCUT2D eigenvalue weighted by Crippen LogP contribution is -1.99. The summed E-state index contributed by atoms with van der Waals surface area (Å²) in [6, 6.07) is 6.07. The molecule has 0 bridgehead atoms. The van der Waals surface area contributed by atoms with E-state index in [0.717, 1.165) is 34.1 Å². The molecule has 19 heavy (non-hydrogen) atoms. The van der Waals surface area contributed by atoms with Gasteiger partial charge in [-0.2, -0.15) is 0 Å². The Balaban J connectivity index is 2.48. The van der Waals surface area contributed by atoms with E-state index in [9.17, 15) is 0 Å². The van der Waals surface area contributed by atoms with Crippen molar-refractivity contribution < 1.29 is 4.74 Å². The average Bonchev–Trinajstić information content (AvgIpc) is 2.82. The van der Waals surface area contributed by atoms with Crippen LogP contribution in [0.4, 0.5) is 0 Å². The smallest absolute Gasteiger partial charge is 0.121 e. The van der Waals surface area contributed by atoms with Gasteiger partial charge in [0, 0.05) is 18.0 Å². The third-order valence-electron chi connectivity index (χ3n) is 3.22. The largest absolute Gasteiger partial charge is 0.496 e. The van der Waals surface area contributed by atoms with Crippen molar-refractivity contribution in [3.63, 3.8) is 0 Å². The normalized spacial score (nSPS) is 11.1. The van der Waals surface area contributed by atoms with Gasteiger partial charge in [-0.3, -0.25) is 0 Å². The molecular weight excluding hydrogens is 238 g/mol. The maximum absolute atomic E-state index is 5.80. The first-order valence-corrected chi connectivity index (χ1v) is 6.50. The number of aromatic amines is 1. The molecular formula is C15H21N3O. The summed E-state index contributed by atoms with van der Waals surface area (Å²) in [5.74, 6) is 2.22. The summed E-state index contributed by atoms with van der Waals surface area (Å²) in [7, 11) is 1.68. The van der Waals surface area contributed by atoms with Gasteiger partial charge in [0.15, 0.2) is 0 Å². The van der Waals surface area contributed by atoms with E-state index in [2.05, 4.69) is 29.9 Å². The van der Waals surface area contributed by atoms with E-state index < -0.39 is 0 Å². The molecule has 2 rings (SSSR count). The minimum Gasteiger partial charge on any atom is -0.496 e. The summed E-state index contributed by atoms with van der Waals surface area (Å²) in [6.07, 6.45) is 0. The van der Waals surface area contributed by atoms with Gasteiger partial charge in [0.25, 0.3) is 0 Å². The molecule has 1 aromatic carbocycles. The summed E-state index contributed by atoms with van der Waals surface area (Å²) in [5.41, 5.74) is 9.89. The van der Waals surface area contributed by atoms with Crippen LogP contribution in [0.2, 0.25) is 0 Å². The number of hydrogen-bond acceptors (Lipinski definition) is 3. The molecule has 0 aliphatic carbocycles. The second-order valence-corrected chi connectivity index (χ2v) is 4.99. The molecule has 0 spiro atoms. The van der Waals surface area contributed by atoms with Crippen molar-refractivity contribution in [2.24, 2.45) is 5.73 Å². The van der Waals surface area contributed by atoms with Crippen LogP contribution in [-0.2, 0) is 6.54 Å². The Hall–Kier alpha value is -1.81. The molecule has 0 aliphatic rings. The van der Waals surface area contributed by atoms with Gasteiger partial charge in [-0.25, -0.2) is 4.98 Å². The van der Waals surface area contributed by atoms with Crippen molar-refractivity contribution in [2.75, 3.05) is 7.11 Å². The average molecular weight is 259 g/mol. The summed E-state index contributed by atoms with van der Waals surface area (Å²) in [6.45, 7) is 6.71. The highest BCUT2D eigenvalue weighted by Gasteiger charge is 2.14. The van der Waals surface area contributed by atoms with Crippen molar-refractivity contribution in [1.82, 2.24) is 9.97 Å². The number of hydrogen-bond donors (Lipinski definition) is 2. The monoisotopic (exact) mass is 259 g/mol. The Kier molecular flexibility index (Phi) is 3.90. The number of methoxy groups -OCH3 is 1. The number of nitrogens with two attached hydrogens (primary N) is 1. The number of H-pyrrole nitrogens is 1. The standard InChI is InChI=1S/C15H21N3O/c1-9(2)15-17-12(8-16)14(18-15)11-5-6-13(19-4)10(3)7-11/h5-7,9H,8,16H2,1-4H3,(H,17,18).